The van der Waals surface area contributed by atoms with Crippen LogP contribution in [0.3, 0.4) is 0 Å². The van der Waals surface area contributed by atoms with Crippen LogP contribution in [0, 0.1) is 6.92 Å². The number of nitrogens with zero attached hydrogens (tertiary/aromatic N) is 4. The number of carbonyl (C=O) groups is 8. The molecule has 0 aliphatic heterocycles. The average molecular weight is 1750 g/mol. The summed E-state index contributed by atoms with van der Waals surface area (Å²) >= 11 is 0. The zero-order valence-electron chi connectivity index (χ0n) is 59.3. The molecule has 0 heterocycles. The minimum absolute atomic E-state index is 0.00299. The van der Waals surface area contributed by atoms with Crippen LogP contribution >= 0.6 is 63.5 Å². The first-order valence-corrected chi connectivity index (χ1v) is 49.5. The van der Waals surface area contributed by atoms with Gasteiger partial charge in [-0.25, -0.2) is 0 Å². The van der Waals surface area contributed by atoms with Gasteiger partial charge in [0.1, 0.15) is 37.1 Å². The van der Waals surface area contributed by atoms with Crippen molar-refractivity contribution in [3.05, 3.63) is 123 Å². The number of carbonyl (C=O) groups excluding carboxylic acids is 8. The third-order valence-electron chi connectivity index (χ3n) is 14.5. The zero-order valence-corrected chi connectivity index (χ0v) is 67.3. The van der Waals surface area contributed by atoms with E-state index in [-0.39, 0.29) is 103 Å². The van der Waals surface area contributed by atoms with Gasteiger partial charge in [-0.05, 0) is 36.8 Å². The SMILES string of the molecule is Cc1ccc(OCc2cc(OCc3cc(C(=O)NNC(=O)CCCN(C[PH](O)(O)O)C[PH](O)(O)O)cc(C(=O)NNC(=O)CCCN(C[PH](O)(O)O)C[PH](O)(O)O)c3)cc(OCc3cc(C(=O)NNC(=O)CCCN(C[PH](O)(O)O)C[PH](O)(O)O)cc(C(=O)NNC(=O)CCCN(C[PH](O)(O)O)C[PH](O)(O)O)c3)c2)cc1. The normalized spacial score (nSPS) is 13.7. The van der Waals surface area contributed by atoms with E-state index < -0.39 is 200 Å². The van der Waals surface area contributed by atoms with E-state index in [2.05, 4.69) is 43.4 Å². The summed E-state index contributed by atoms with van der Waals surface area (Å²) in [6.07, 6.45) is -9.42. The van der Waals surface area contributed by atoms with E-state index in [1.807, 2.05) is 6.92 Å². The molecule has 0 bridgehead atoms. The van der Waals surface area contributed by atoms with Gasteiger partial charge in [-0.2, -0.15) is 0 Å². The third-order valence-corrected chi connectivity index (χ3v) is 21.4. The number of hydrogen-bond acceptors (Lipinski definition) is 39. The van der Waals surface area contributed by atoms with E-state index in [9.17, 15) is 156 Å². The van der Waals surface area contributed by atoms with E-state index in [4.69, 9.17) is 14.2 Å². The number of amides is 8. The molecular formula is C56H102N12O35P8. The van der Waals surface area contributed by atoms with Crippen LogP contribution in [0.25, 0.3) is 0 Å². The van der Waals surface area contributed by atoms with E-state index in [1.54, 1.807) is 24.3 Å². The number of hydrogen-bond donors (Lipinski definition) is 32. The monoisotopic (exact) mass is 1750 g/mol. The Kier molecular flexibility index (Phi) is 39.1. The fourth-order valence-corrected chi connectivity index (χ4v) is 18.1. The number of nitrogens with one attached hydrogen (secondary N) is 8. The molecule has 0 aromatic heterocycles. The molecule has 0 radical (unpaired) electrons. The van der Waals surface area contributed by atoms with E-state index in [0.29, 0.717) is 11.3 Å². The molecule has 47 nitrogen and oxygen atoms in total. The van der Waals surface area contributed by atoms with Gasteiger partial charge in [0.05, 0.1) is 0 Å². The minimum Gasteiger partial charge on any atom is -0.0556 e. The zero-order chi connectivity index (χ0) is 83.5. The second-order valence-corrected chi connectivity index (χ2v) is 40.7. The first-order valence-electron chi connectivity index (χ1n) is 33.1. The average Bonchev–Trinajstić information content (AvgIpc) is 0.831. The van der Waals surface area contributed by atoms with Crippen molar-refractivity contribution in [3.8, 4) is 17.2 Å². The Morgan fingerprint density at radius 2 is 0.486 bits per heavy atom. The number of rotatable bonds is 45. The summed E-state index contributed by atoms with van der Waals surface area (Å²) in [6.45, 7) is -0.569. The molecule has 4 rings (SSSR count). The number of benzene rings is 4. The van der Waals surface area contributed by atoms with Crippen LogP contribution in [0.15, 0.2) is 78.9 Å². The third kappa shape index (κ3) is 45.3. The Hall–Kier alpha value is -5.64. The molecule has 0 aliphatic rings. The molecule has 32 N–H and O–H groups in total. The van der Waals surface area contributed by atoms with Crippen molar-refractivity contribution in [1.82, 2.24) is 63.0 Å². The van der Waals surface area contributed by atoms with E-state index in [1.165, 1.54) is 42.5 Å². The second kappa shape index (κ2) is 44.5. The van der Waals surface area contributed by atoms with Crippen molar-refractivity contribution in [2.75, 3.05) is 76.5 Å². The largest absolute Gasteiger partial charge is 0.0556 e. The number of ether oxygens (including phenoxy) is 3. The van der Waals surface area contributed by atoms with Crippen molar-refractivity contribution in [2.24, 2.45) is 0 Å². The first kappa shape index (κ1) is 97.7. The molecule has 4 aromatic carbocycles. The maximum absolute atomic E-state index is 13.8. The summed E-state index contributed by atoms with van der Waals surface area (Å²) in [4.78, 5) is 340. The fourth-order valence-electron chi connectivity index (χ4n) is 10.2. The van der Waals surface area contributed by atoms with Crippen LogP contribution in [0.2, 0.25) is 0 Å². The van der Waals surface area contributed by atoms with Crippen molar-refractivity contribution in [3.63, 3.8) is 0 Å². The summed E-state index contributed by atoms with van der Waals surface area (Å²) in [5, 5.41) is 0. The summed E-state index contributed by atoms with van der Waals surface area (Å²) in [6, 6.07) is 18.2. The van der Waals surface area contributed by atoms with Crippen LogP contribution in [0.1, 0.15) is 115 Å². The number of aryl methyl sites for hydroxylation is 1. The Bertz CT molecular complexity index is 3300. The molecule has 0 saturated carbocycles. The molecule has 8 amide bonds. The summed E-state index contributed by atoms with van der Waals surface area (Å²) < 4.78 is 18.5. The van der Waals surface area contributed by atoms with Crippen LogP contribution in [-0.4, -0.2) is 261 Å². The molecule has 0 spiro atoms. The van der Waals surface area contributed by atoms with Crippen molar-refractivity contribution >= 4 is 111 Å². The maximum atomic E-state index is 13.8. The van der Waals surface area contributed by atoms with Crippen LogP contribution < -0.4 is 57.6 Å². The van der Waals surface area contributed by atoms with Gasteiger partial charge in [-0.15, -0.1) is 0 Å². The Morgan fingerprint density at radius 1 is 0.279 bits per heavy atom. The summed E-state index contributed by atoms with van der Waals surface area (Å²) in [5.41, 5.74) is 17.2. The molecule has 0 aliphatic carbocycles. The second-order valence-electron chi connectivity index (χ2n) is 25.8. The number of hydrazine groups is 4. The molecule has 636 valence electrons. The van der Waals surface area contributed by atoms with Crippen molar-refractivity contribution in [2.45, 2.75) is 78.1 Å². The maximum Gasteiger partial charge on any atom is -0.0130 e. The van der Waals surface area contributed by atoms with Crippen molar-refractivity contribution in [1.29, 1.82) is 0 Å². The molecule has 0 atom stereocenters. The minimum atomic E-state index is -4.85. The van der Waals surface area contributed by atoms with Gasteiger partial charge < -0.3 is 14.2 Å². The van der Waals surface area contributed by atoms with Crippen LogP contribution in [-0.2, 0) is 39.0 Å². The molecule has 55 heteroatoms. The van der Waals surface area contributed by atoms with Gasteiger partial charge >= 0.3 is 527 Å². The molecule has 111 heavy (non-hydrogen) atoms. The predicted octanol–water partition coefficient (Wildman–Crippen LogP) is -6.46. The fraction of sp³-hybridized carbons (Fsp3) is 0.429. The Morgan fingerprint density at radius 3 is 0.703 bits per heavy atom. The van der Waals surface area contributed by atoms with E-state index >= 15 is 0 Å². The van der Waals surface area contributed by atoms with Gasteiger partial charge in [-0.1, -0.05) is 17.7 Å². The van der Waals surface area contributed by atoms with Gasteiger partial charge in [0.2, 0.25) is 0 Å². The quantitative estimate of drug-likeness (QED) is 0.0145. The van der Waals surface area contributed by atoms with Gasteiger partial charge in [0.15, 0.2) is 0 Å². The Balaban J connectivity index is 1.69. The Labute approximate surface area is 636 Å². The van der Waals surface area contributed by atoms with E-state index in [0.717, 1.165) is 37.3 Å². The van der Waals surface area contributed by atoms with Crippen LogP contribution in [0.5, 0.6) is 17.2 Å². The smallest absolute Gasteiger partial charge is 0.0130 e. The van der Waals surface area contributed by atoms with Crippen molar-refractivity contribution < 1.29 is 170 Å². The summed E-state index contributed by atoms with van der Waals surface area (Å²) in [5.74, 6) is -7.33. The molecular weight excluding hydrogens is 1650 g/mol. The van der Waals surface area contributed by atoms with Gasteiger partial charge in [0.25, 0.3) is 0 Å². The molecule has 0 unspecified atom stereocenters. The first-order chi connectivity index (χ1) is 51.1. The predicted molar refractivity (Wildman–Crippen MR) is 408 cm³/mol. The van der Waals surface area contributed by atoms with Gasteiger partial charge in [-0.3, -0.25) is 0 Å². The molecule has 4 aromatic rings. The topological polar surface area (TPSA) is 759 Å². The molecule has 0 saturated heterocycles. The van der Waals surface area contributed by atoms with Gasteiger partial charge in [0, 0.05) is 6.07 Å². The molecule has 0 fully saturated rings. The standard InChI is InChI=1S/C56H102N12O35P8/c1-38-10-12-46(13-11-38)101-29-41-22-47(102-27-39-18-42(53(73)61-57-49(69)6-2-14-65(30-104(77,78)79)31-105(80,81)82)24-43(19-39)54(74)62-58-50(70)7-3-15-66(32-106(83,84)85)33-107(86,87)88)26-48(23-41)103-28-40-20-44(55(75)63-59-51(71)8-4-16-67(34-108(89,90)91)35-109(92,93)94)25-45(21-40)56(76)64-60-52(72)9-5-17-68(36-110(95,96)97)37-111(98,99)100/h10-13,18-26,77-100,104-111H,2-9,14-17,27-37H2,1H3,(H,57,69)(H,58,70)(H,59,71)(H,60,72)(H,61,73)(H,62,74)(H,63,75)(H,64,76). The summed E-state index contributed by atoms with van der Waals surface area (Å²) in [7, 11) is -38.8. The van der Waals surface area contributed by atoms with Crippen LogP contribution in [0.4, 0.5) is 0 Å².